The molecule has 0 atom stereocenters. The molecule has 2 fully saturated rings. The minimum absolute atomic E-state index is 0.129. The Labute approximate surface area is 225 Å². The van der Waals surface area contributed by atoms with Crippen molar-refractivity contribution in [1.82, 2.24) is 4.98 Å². The van der Waals surface area contributed by atoms with Crippen LogP contribution in [0.3, 0.4) is 0 Å². The Morgan fingerprint density at radius 3 is 2.38 bits per heavy atom. The second kappa shape index (κ2) is 11.8. The summed E-state index contributed by atoms with van der Waals surface area (Å²) in [5.74, 6) is -1.94. The fourth-order valence-corrected chi connectivity index (χ4v) is 5.15. The van der Waals surface area contributed by atoms with Crippen molar-refractivity contribution in [1.29, 1.82) is 0 Å². The summed E-state index contributed by atoms with van der Waals surface area (Å²) in [5, 5.41) is 9.97. The summed E-state index contributed by atoms with van der Waals surface area (Å²) >= 11 is 0. The van der Waals surface area contributed by atoms with E-state index in [1.165, 1.54) is 23.2 Å². The third kappa shape index (κ3) is 6.63. The van der Waals surface area contributed by atoms with Gasteiger partial charge in [-0.05, 0) is 69.7 Å². The number of anilines is 2. The van der Waals surface area contributed by atoms with E-state index in [0.717, 1.165) is 37.8 Å². The standard InChI is InChI=1S/C28H34F3N3O5/c1-17(2)34(26(35)19-6-4-18(3)5-7-19)24-9-8-21(15-22(24)27(36)37)39-25-23(28(29,30)31)14-20(16-32-25)33-10-12-38-13-11-33/h8-9,14-19H,4-7,10-13H2,1-3H3,(H,36,37). The molecular formula is C28H34F3N3O5. The molecule has 212 valence electrons. The fourth-order valence-electron chi connectivity index (χ4n) is 5.15. The van der Waals surface area contributed by atoms with Gasteiger partial charge in [0.2, 0.25) is 11.8 Å². The molecule has 0 unspecified atom stereocenters. The zero-order valence-electron chi connectivity index (χ0n) is 22.3. The number of ether oxygens (including phenoxy) is 2. The number of aromatic carboxylic acids is 1. The molecule has 8 nitrogen and oxygen atoms in total. The summed E-state index contributed by atoms with van der Waals surface area (Å²) in [6.07, 6.45) is -0.122. The van der Waals surface area contributed by atoms with Crippen molar-refractivity contribution in [3.05, 3.63) is 41.6 Å². The van der Waals surface area contributed by atoms with Gasteiger partial charge in [-0.1, -0.05) is 6.92 Å². The van der Waals surface area contributed by atoms with Gasteiger partial charge in [0.1, 0.15) is 11.3 Å². The summed E-state index contributed by atoms with van der Waals surface area (Å²) in [4.78, 5) is 32.9. The van der Waals surface area contributed by atoms with E-state index in [1.807, 2.05) is 0 Å². The Bertz CT molecular complexity index is 1190. The van der Waals surface area contributed by atoms with Crippen LogP contribution in [0.25, 0.3) is 0 Å². The molecule has 4 rings (SSSR count). The van der Waals surface area contributed by atoms with Gasteiger partial charge in [0.05, 0.1) is 36.3 Å². The summed E-state index contributed by atoms with van der Waals surface area (Å²) in [7, 11) is 0. The number of nitrogens with zero attached hydrogens (tertiary/aromatic N) is 3. The van der Waals surface area contributed by atoms with E-state index < -0.39 is 23.6 Å². The highest BCUT2D eigenvalue weighted by molar-refractivity contribution is 6.03. The van der Waals surface area contributed by atoms with Gasteiger partial charge in [0, 0.05) is 25.0 Å². The number of alkyl halides is 3. The van der Waals surface area contributed by atoms with E-state index in [4.69, 9.17) is 9.47 Å². The van der Waals surface area contributed by atoms with E-state index in [-0.39, 0.29) is 34.9 Å². The molecule has 0 spiro atoms. The lowest BCUT2D eigenvalue weighted by molar-refractivity contribution is -0.138. The van der Waals surface area contributed by atoms with Crippen LogP contribution < -0.4 is 14.5 Å². The normalized spacial score (nSPS) is 20.1. The summed E-state index contributed by atoms with van der Waals surface area (Å²) in [5.41, 5.74) is -0.835. The number of carboxylic acids is 1. The van der Waals surface area contributed by atoms with Gasteiger partial charge in [0.15, 0.2) is 0 Å². The van der Waals surface area contributed by atoms with Gasteiger partial charge in [-0.2, -0.15) is 13.2 Å². The number of benzene rings is 1. The fraction of sp³-hybridized carbons (Fsp3) is 0.536. The number of carboxylic acid groups (broad SMARTS) is 1. The average molecular weight is 550 g/mol. The monoisotopic (exact) mass is 549 g/mol. The predicted octanol–water partition coefficient (Wildman–Crippen LogP) is 6.00. The molecule has 0 radical (unpaired) electrons. The second-order valence-electron chi connectivity index (χ2n) is 10.5. The molecule has 2 aliphatic rings. The maximum Gasteiger partial charge on any atom is 0.421 e. The Kier molecular flexibility index (Phi) is 8.68. The first-order valence-corrected chi connectivity index (χ1v) is 13.2. The van der Waals surface area contributed by atoms with Crippen molar-refractivity contribution in [3.63, 3.8) is 0 Å². The van der Waals surface area contributed by atoms with E-state index in [9.17, 15) is 27.9 Å². The van der Waals surface area contributed by atoms with Crippen LogP contribution in [0.1, 0.15) is 62.4 Å². The molecule has 1 saturated heterocycles. The predicted molar refractivity (Wildman–Crippen MR) is 139 cm³/mol. The van der Waals surface area contributed by atoms with E-state index in [1.54, 1.807) is 18.7 Å². The number of carbonyl (C=O) groups excluding carboxylic acids is 1. The van der Waals surface area contributed by atoms with Crippen molar-refractivity contribution in [2.24, 2.45) is 11.8 Å². The highest BCUT2D eigenvalue weighted by atomic mass is 19.4. The lowest BCUT2D eigenvalue weighted by Crippen LogP contribution is -2.42. The van der Waals surface area contributed by atoms with Crippen LogP contribution in [0.4, 0.5) is 24.5 Å². The molecule has 1 aromatic heterocycles. The highest BCUT2D eigenvalue weighted by Gasteiger charge is 2.37. The first-order chi connectivity index (χ1) is 18.5. The van der Waals surface area contributed by atoms with E-state index in [2.05, 4.69) is 11.9 Å². The summed E-state index contributed by atoms with van der Waals surface area (Å²) < 4.78 is 52.6. The van der Waals surface area contributed by atoms with Gasteiger partial charge >= 0.3 is 12.1 Å². The largest absolute Gasteiger partial charge is 0.478 e. The molecule has 2 heterocycles. The third-order valence-electron chi connectivity index (χ3n) is 7.31. The number of aromatic nitrogens is 1. The Hall–Kier alpha value is -3.34. The molecule has 1 aliphatic carbocycles. The third-order valence-corrected chi connectivity index (χ3v) is 7.31. The van der Waals surface area contributed by atoms with Gasteiger partial charge in [0.25, 0.3) is 0 Å². The number of amides is 1. The highest BCUT2D eigenvalue weighted by Crippen LogP contribution is 2.40. The van der Waals surface area contributed by atoms with Crippen LogP contribution in [0.15, 0.2) is 30.5 Å². The minimum Gasteiger partial charge on any atom is -0.478 e. The van der Waals surface area contributed by atoms with Gasteiger partial charge < -0.3 is 24.4 Å². The second-order valence-corrected chi connectivity index (χ2v) is 10.5. The summed E-state index contributed by atoms with van der Waals surface area (Å²) in [6, 6.07) is 4.57. The zero-order valence-corrected chi connectivity index (χ0v) is 22.3. The number of halogens is 3. The molecule has 1 aliphatic heterocycles. The topological polar surface area (TPSA) is 92.2 Å². The van der Waals surface area contributed by atoms with Crippen LogP contribution in [-0.2, 0) is 15.7 Å². The Balaban J connectivity index is 1.65. The molecule has 1 saturated carbocycles. The van der Waals surface area contributed by atoms with Gasteiger partial charge in [-0.15, -0.1) is 0 Å². The minimum atomic E-state index is -4.75. The van der Waals surface area contributed by atoms with Crippen LogP contribution in [0.5, 0.6) is 11.6 Å². The number of hydrogen-bond acceptors (Lipinski definition) is 6. The average Bonchev–Trinajstić information content (AvgIpc) is 2.89. The van der Waals surface area contributed by atoms with E-state index in [0.29, 0.717) is 37.9 Å². The van der Waals surface area contributed by atoms with Crippen LogP contribution in [0.2, 0.25) is 0 Å². The molecule has 39 heavy (non-hydrogen) atoms. The molecule has 1 N–H and O–H groups in total. The van der Waals surface area contributed by atoms with Gasteiger partial charge in [-0.3, -0.25) is 4.79 Å². The van der Waals surface area contributed by atoms with E-state index >= 15 is 0 Å². The SMILES string of the molecule is CC1CCC(C(=O)N(c2ccc(Oc3ncc(N4CCOCC4)cc3C(F)(F)F)cc2C(=O)O)C(C)C)CC1. The van der Waals surface area contributed by atoms with Crippen LogP contribution >= 0.6 is 0 Å². The molecular weight excluding hydrogens is 515 g/mol. The first kappa shape index (κ1) is 28.7. The molecule has 1 amide bonds. The van der Waals surface area contributed by atoms with Crippen molar-refractivity contribution in [2.45, 2.75) is 58.7 Å². The van der Waals surface area contributed by atoms with Crippen LogP contribution in [0, 0.1) is 11.8 Å². The number of hydrogen-bond donors (Lipinski definition) is 1. The number of morpholine rings is 1. The van der Waals surface area contributed by atoms with Crippen molar-refractivity contribution < 1.29 is 37.3 Å². The summed E-state index contributed by atoms with van der Waals surface area (Å²) in [6.45, 7) is 7.43. The Morgan fingerprint density at radius 2 is 1.79 bits per heavy atom. The van der Waals surface area contributed by atoms with Crippen LogP contribution in [-0.4, -0.2) is 54.3 Å². The van der Waals surface area contributed by atoms with Crippen molar-refractivity contribution in [2.75, 3.05) is 36.1 Å². The first-order valence-electron chi connectivity index (χ1n) is 13.2. The maximum atomic E-state index is 14.0. The van der Waals surface area contributed by atoms with Gasteiger partial charge in [-0.25, -0.2) is 9.78 Å². The molecule has 0 bridgehead atoms. The zero-order chi connectivity index (χ0) is 28.3. The number of carbonyl (C=O) groups is 2. The van der Waals surface area contributed by atoms with Crippen molar-refractivity contribution >= 4 is 23.3 Å². The Morgan fingerprint density at radius 1 is 1.13 bits per heavy atom. The molecule has 11 heteroatoms. The number of rotatable bonds is 7. The van der Waals surface area contributed by atoms with Crippen molar-refractivity contribution in [3.8, 4) is 11.6 Å². The quantitative estimate of drug-likeness (QED) is 0.453. The number of pyridine rings is 1. The lowest BCUT2D eigenvalue weighted by Gasteiger charge is -2.34. The lowest BCUT2D eigenvalue weighted by atomic mass is 9.82. The molecule has 2 aromatic rings. The maximum absolute atomic E-state index is 14.0. The smallest absolute Gasteiger partial charge is 0.421 e. The molecule has 1 aromatic carbocycles.